The van der Waals surface area contributed by atoms with Crippen molar-refractivity contribution in [2.45, 2.75) is 32.4 Å². The SMILES string of the molecule is CCN1C[C@H]2CCN(Cc3nccs3)[C@H](C2)C1=O. The highest BCUT2D eigenvalue weighted by molar-refractivity contribution is 7.09. The van der Waals surface area contributed by atoms with Crippen molar-refractivity contribution in [2.75, 3.05) is 19.6 Å². The number of likely N-dealkylation sites (N-methyl/N-ethyl adjacent to an activating group) is 1. The third-order valence-electron chi connectivity index (χ3n) is 4.10. The zero-order valence-electron chi connectivity index (χ0n) is 10.7. The van der Waals surface area contributed by atoms with Crippen LogP contribution in [0.15, 0.2) is 11.6 Å². The Morgan fingerprint density at radius 3 is 3.17 bits per heavy atom. The molecule has 0 spiro atoms. The molecule has 2 bridgehead atoms. The molecule has 5 heteroatoms. The van der Waals surface area contributed by atoms with E-state index in [2.05, 4.69) is 16.8 Å². The minimum Gasteiger partial charge on any atom is -0.341 e. The summed E-state index contributed by atoms with van der Waals surface area (Å²) < 4.78 is 0. The van der Waals surface area contributed by atoms with E-state index in [9.17, 15) is 4.79 Å². The number of carbonyl (C=O) groups is 1. The van der Waals surface area contributed by atoms with Crippen LogP contribution < -0.4 is 0 Å². The average Bonchev–Trinajstić information content (AvgIpc) is 2.89. The summed E-state index contributed by atoms with van der Waals surface area (Å²) in [6, 6.07) is 0.0985. The van der Waals surface area contributed by atoms with Crippen LogP contribution in [0.4, 0.5) is 0 Å². The van der Waals surface area contributed by atoms with E-state index in [1.807, 2.05) is 16.5 Å². The molecule has 0 unspecified atom stereocenters. The molecule has 2 saturated heterocycles. The number of likely N-dealkylation sites (tertiary alicyclic amines) is 2. The summed E-state index contributed by atoms with van der Waals surface area (Å²) in [6.45, 7) is 5.76. The molecule has 1 aromatic rings. The van der Waals surface area contributed by atoms with Gasteiger partial charge in [-0.15, -0.1) is 11.3 Å². The van der Waals surface area contributed by atoms with Crippen LogP contribution in [-0.2, 0) is 11.3 Å². The van der Waals surface area contributed by atoms with Crippen LogP contribution in [0.5, 0.6) is 0 Å². The van der Waals surface area contributed by atoms with Gasteiger partial charge in [-0.05, 0) is 32.2 Å². The van der Waals surface area contributed by atoms with Gasteiger partial charge in [0.05, 0.1) is 12.6 Å². The van der Waals surface area contributed by atoms with Gasteiger partial charge < -0.3 is 4.90 Å². The van der Waals surface area contributed by atoms with E-state index < -0.39 is 0 Å². The van der Waals surface area contributed by atoms with E-state index in [-0.39, 0.29) is 6.04 Å². The lowest BCUT2D eigenvalue weighted by atomic mass is 9.86. The zero-order chi connectivity index (χ0) is 12.5. The Balaban J connectivity index is 1.74. The maximum atomic E-state index is 12.4. The molecule has 18 heavy (non-hydrogen) atoms. The van der Waals surface area contributed by atoms with Crippen molar-refractivity contribution in [3.05, 3.63) is 16.6 Å². The summed E-state index contributed by atoms with van der Waals surface area (Å²) in [7, 11) is 0. The first kappa shape index (κ1) is 12.1. The van der Waals surface area contributed by atoms with Gasteiger partial charge in [0.25, 0.3) is 0 Å². The van der Waals surface area contributed by atoms with Gasteiger partial charge in [-0.2, -0.15) is 0 Å². The van der Waals surface area contributed by atoms with E-state index >= 15 is 0 Å². The molecule has 3 rings (SSSR count). The highest BCUT2D eigenvalue weighted by Gasteiger charge is 2.40. The first-order chi connectivity index (χ1) is 8.78. The normalized spacial score (nSPS) is 28.7. The maximum absolute atomic E-state index is 12.4. The fraction of sp³-hybridized carbons (Fsp3) is 0.692. The van der Waals surface area contributed by atoms with Crippen LogP contribution in [0.25, 0.3) is 0 Å². The van der Waals surface area contributed by atoms with E-state index in [0.29, 0.717) is 11.8 Å². The van der Waals surface area contributed by atoms with Crippen molar-refractivity contribution >= 4 is 17.2 Å². The molecule has 0 saturated carbocycles. The predicted molar refractivity (Wildman–Crippen MR) is 71.3 cm³/mol. The smallest absolute Gasteiger partial charge is 0.239 e. The molecular weight excluding hydrogens is 246 g/mol. The van der Waals surface area contributed by atoms with Crippen LogP contribution in [-0.4, -0.2) is 46.4 Å². The fourth-order valence-corrected chi connectivity index (χ4v) is 3.74. The number of rotatable bonds is 3. The average molecular weight is 265 g/mol. The van der Waals surface area contributed by atoms with Crippen LogP contribution in [0.3, 0.4) is 0 Å². The van der Waals surface area contributed by atoms with Crippen molar-refractivity contribution in [1.29, 1.82) is 0 Å². The van der Waals surface area contributed by atoms with Gasteiger partial charge in [0, 0.05) is 24.7 Å². The molecule has 2 aliphatic heterocycles. The minimum absolute atomic E-state index is 0.0985. The van der Waals surface area contributed by atoms with Crippen LogP contribution in [0, 0.1) is 5.92 Å². The van der Waals surface area contributed by atoms with E-state index in [0.717, 1.165) is 37.6 Å². The lowest BCUT2D eigenvalue weighted by Crippen LogP contribution is -2.58. The molecule has 0 N–H and O–H groups in total. The molecule has 4 nitrogen and oxygen atoms in total. The molecule has 1 aromatic heterocycles. The first-order valence-corrected chi connectivity index (χ1v) is 7.57. The summed E-state index contributed by atoms with van der Waals surface area (Å²) in [4.78, 5) is 21.0. The van der Waals surface area contributed by atoms with Crippen molar-refractivity contribution in [1.82, 2.24) is 14.8 Å². The maximum Gasteiger partial charge on any atom is 0.239 e. The zero-order valence-corrected chi connectivity index (χ0v) is 11.5. The second kappa shape index (κ2) is 4.97. The van der Waals surface area contributed by atoms with Crippen LogP contribution >= 0.6 is 11.3 Å². The predicted octanol–water partition coefficient (Wildman–Crippen LogP) is 1.59. The molecule has 2 fully saturated rings. The molecule has 2 atom stereocenters. The Morgan fingerprint density at radius 2 is 2.44 bits per heavy atom. The highest BCUT2D eigenvalue weighted by Crippen LogP contribution is 2.31. The standard InChI is InChI=1S/C13H19N3OS/c1-2-15-8-10-3-5-16(11(7-10)13(15)17)9-12-14-4-6-18-12/h4,6,10-11H,2-3,5,7-9H2,1H3/t10-,11+/m0/s1. The number of thiazole rings is 1. The molecule has 0 radical (unpaired) electrons. The van der Waals surface area contributed by atoms with E-state index in [1.165, 1.54) is 6.42 Å². The Morgan fingerprint density at radius 1 is 1.56 bits per heavy atom. The molecule has 3 heterocycles. The Hall–Kier alpha value is -0.940. The number of fused-ring (bicyclic) bond motifs is 2. The number of hydrogen-bond acceptors (Lipinski definition) is 4. The van der Waals surface area contributed by atoms with Gasteiger partial charge in [0.2, 0.25) is 5.91 Å². The van der Waals surface area contributed by atoms with Gasteiger partial charge >= 0.3 is 0 Å². The number of hydrogen-bond donors (Lipinski definition) is 0. The molecule has 98 valence electrons. The third-order valence-corrected chi connectivity index (χ3v) is 4.87. The van der Waals surface area contributed by atoms with Gasteiger partial charge in [-0.3, -0.25) is 9.69 Å². The second-order valence-corrected chi connectivity index (χ2v) is 6.16. The molecular formula is C13H19N3OS. The quantitative estimate of drug-likeness (QED) is 0.832. The molecule has 1 amide bonds. The third kappa shape index (κ3) is 2.17. The molecule has 0 aromatic carbocycles. The lowest BCUT2D eigenvalue weighted by Gasteiger charge is -2.46. The summed E-state index contributed by atoms with van der Waals surface area (Å²) in [6.07, 6.45) is 4.10. The van der Waals surface area contributed by atoms with Crippen molar-refractivity contribution in [2.24, 2.45) is 5.92 Å². The Labute approximate surface area is 112 Å². The summed E-state index contributed by atoms with van der Waals surface area (Å²) >= 11 is 1.68. The Bertz CT molecular complexity index is 420. The van der Waals surface area contributed by atoms with Gasteiger partial charge in [0.1, 0.15) is 5.01 Å². The van der Waals surface area contributed by atoms with E-state index in [1.54, 1.807) is 11.3 Å². The number of carbonyl (C=O) groups excluding carboxylic acids is 1. The largest absolute Gasteiger partial charge is 0.341 e. The van der Waals surface area contributed by atoms with Gasteiger partial charge in [-0.1, -0.05) is 0 Å². The summed E-state index contributed by atoms with van der Waals surface area (Å²) in [5, 5.41) is 3.12. The van der Waals surface area contributed by atoms with Crippen LogP contribution in [0.2, 0.25) is 0 Å². The number of amides is 1. The number of nitrogens with zero attached hydrogens (tertiary/aromatic N) is 3. The molecule has 2 aliphatic rings. The minimum atomic E-state index is 0.0985. The number of aromatic nitrogens is 1. The lowest BCUT2D eigenvalue weighted by molar-refractivity contribution is -0.145. The van der Waals surface area contributed by atoms with Crippen molar-refractivity contribution < 1.29 is 4.79 Å². The fourth-order valence-electron chi connectivity index (χ4n) is 3.10. The van der Waals surface area contributed by atoms with Crippen molar-refractivity contribution in [3.63, 3.8) is 0 Å². The number of piperidine rings is 2. The molecule has 0 aliphatic carbocycles. The second-order valence-electron chi connectivity index (χ2n) is 5.18. The topological polar surface area (TPSA) is 36.4 Å². The first-order valence-electron chi connectivity index (χ1n) is 6.69. The monoisotopic (exact) mass is 265 g/mol. The van der Waals surface area contributed by atoms with Crippen LogP contribution in [0.1, 0.15) is 24.8 Å². The van der Waals surface area contributed by atoms with Crippen molar-refractivity contribution in [3.8, 4) is 0 Å². The van der Waals surface area contributed by atoms with Gasteiger partial charge in [0.15, 0.2) is 0 Å². The van der Waals surface area contributed by atoms with Gasteiger partial charge in [-0.25, -0.2) is 4.98 Å². The summed E-state index contributed by atoms with van der Waals surface area (Å²) in [5.41, 5.74) is 0. The van der Waals surface area contributed by atoms with E-state index in [4.69, 9.17) is 0 Å². The Kier molecular flexibility index (Phi) is 3.35. The summed E-state index contributed by atoms with van der Waals surface area (Å²) in [5.74, 6) is 1.03. The highest BCUT2D eigenvalue weighted by atomic mass is 32.1.